The second-order valence-corrected chi connectivity index (χ2v) is 6.72. The summed E-state index contributed by atoms with van der Waals surface area (Å²) in [6, 6.07) is 21.6. The minimum atomic E-state index is 0.216. The first-order chi connectivity index (χ1) is 10.6. The van der Waals surface area contributed by atoms with Crippen molar-refractivity contribution in [2.45, 2.75) is 12.1 Å². The van der Waals surface area contributed by atoms with Crippen LogP contribution in [0.15, 0.2) is 60.7 Å². The van der Waals surface area contributed by atoms with E-state index in [0.29, 0.717) is 4.20 Å². The molecule has 2 aromatic carbocycles. The van der Waals surface area contributed by atoms with Gasteiger partial charge in [0.1, 0.15) is 0 Å². The number of hydrogen-bond donors (Lipinski definition) is 1. The summed E-state index contributed by atoms with van der Waals surface area (Å²) in [6.07, 6.45) is 0. The van der Waals surface area contributed by atoms with Crippen LogP contribution in [0.25, 0.3) is 0 Å². The van der Waals surface area contributed by atoms with Crippen LogP contribution in [-0.4, -0.2) is 33.6 Å². The van der Waals surface area contributed by atoms with E-state index in [1.165, 1.54) is 11.1 Å². The first-order valence-corrected chi connectivity index (χ1v) is 8.12. The Bertz CT molecular complexity index is 710. The summed E-state index contributed by atoms with van der Waals surface area (Å²) in [6.45, 7) is 0. The molecule has 2 nitrogen and oxygen atoms in total. The van der Waals surface area contributed by atoms with Crippen molar-refractivity contribution in [3.8, 4) is 0 Å². The Morgan fingerprint density at radius 3 is 2.00 bits per heavy atom. The van der Waals surface area contributed by atoms with Gasteiger partial charge in [0.05, 0.1) is 14.1 Å². The fraction of sp³-hybridized carbons (Fsp3) is 0.222. The van der Waals surface area contributed by atoms with Crippen LogP contribution in [0.4, 0.5) is 0 Å². The average Bonchev–Trinajstić information content (AvgIpc) is 2.80. The summed E-state index contributed by atoms with van der Waals surface area (Å²) in [7, 11) is 4.18. The monoisotopic (exact) mass is 327 g/mol. The zero-order chi connectivity index (χ0) is 15.7. The van der Waals surface area contributed by atoms with Gasteiger partial charge in [0.15, 0.2) is 16.3 Å². The van der Waals surface area contributed by atoms with E-state index in [9.17, 15) is 0 Å². The predicted octanol–water partition coefficient (Wildman–Crippen LogP) is 3.71. The van der Waals surface area contributed by atoms with E-state index in [2.05, 4.69) is 84.7 Å². The number of nitrogens with zero attached hydrogens (tertiary/aromatic N) is 2. The Morgan fingerprint density at radius 1 is 1.00 bits per heavy atom. The van der Waals surface area contributed by atoms with Gasteiger partial charge in [-0.3, -0.25) is 9.48 Å². The minimum Gasteiger partial charge on any atom is -0.251 e. The summed E-state index contributed by atoms with van der Waals surface area (Å²) in [5, 5.41) is 0. The Labute approximate surface area is 142 Å². The predicted molar refractivity (Wildman–Crippen MR) is 98.9 cm³/mol. The lowest BCUT2D eigenvalue weighted by atomic mass is 9.93. The Hall–Kier alpha value is -1.65. The molecule has 2 aromatic rings. The first-order valence-electron chi connectivity index (χ1n) is 7.27. The number of thiocarbonyl (C=S) groups is 1. The van der Waals surface area contributed by atoms with E-state index in [-0.39, 0.29) is 12.1 Å². The molecule has 0 aromatic heterocycles. The van der Waals surface area contributed by atoms with Crippen molar-refractivity contribution in [3.63, 3.8) is 0 Å². The summed E-state index contributed by atoms with van der Waals surface area (Å²) in [5.74, 6) is 1.00. The molecule has 0 spiro atoms. The molecule has 1 aliphatic rings. The van der Waals surface area contributed by atoms with Crippen molar-refractivity contribution in [3.05, 3.63) is 71.8 Å². The number of likely N-dealkylation sites (N-methyl/N-ethyl adjacent to an activating group) is 2. The van der Waals surface area contributed by atoms with Crippen LogP contribution < -0.4 is 0 Å². The van der Waals surface area contributed by atoms with Gasteiger partial charge in [-0.05, 0) is 0 Å². The number of benzene rings is 2. The van der Waals surface area contributed by atoms with Gasteiger partial charge in [0, 0.05) is 11.1 Å². The molecule has 0 fully saturated rings. The van der Waals surface area contributed by atoms with Gasteiger partial charge in [-0.25, -0.2) is 0 Å². The van der Waals surface area contributed by atoms with E-state index >= 15 is 0 Å². The SMILES string of the molecule is CN1C(C(=S)S)=[N+](C)[C@@H](c2ccccc2)[C@@H]1c1ccccc1. The van der Waals surface area contributed by atoms with Crippen LogP contribution in [0.5, 0.6) is 0 Å². The largest absolute Gasteiger partial charge is 0.297 e. The highest BCUT2D eigenvalue weighted by atomic mass is 32.1. The lowest BCUT2D eigenvalue weighted by Gasteiger charge is -2.21. The molecule has 112 valence electrons. The molecular formula is C18H19N2S2+. The third kappa shape index (κ3) is 2.57. The van der Waals surface area contributed by atoms with Gasteiger partial charge >= 0.3 is 0 Å². The first kappa shape index (κ1) is 15.3. The second kappa shape index (κ2) is 6.23. The van der Waals surface area contributed by atoms with E-state index in [1.54, 1.807) is 0 Å². The van der Waals surface area contributed by atoms with E-state index in [1.807, 2.05) is 12.1 Å². The maximum Gasteiger partial charge on any atom is 0.297 e. The highest BCUT2D eigenvalue weighted by molar-refractivity contribution is 8.13. The van der Waals surface area contributed by atoms with Crippen LogP contribution in [0.3, 0.4) is 0 Å². The van der Waals surface area contributed by atoms with Crippen molar-refractivity contribution in [1.29, 1.82) is 0 Å². The van der Waals surface area contributed by atoms with Gasteiger partial charge in [0.25, 0.3) is 5.84 Å². The molecule has 0 radical (unpaired) electrons. The van der Waals surface area contributed by atoms with E-state index < -0.39 is 0 Å². The van der Waals surface area contributed by atoms with Gasteiger partial charge in [-0.15, -0.1) is 12.6 Å². The van der Waals surface area contributed by atoms with E-state index in [0.717, 1.165) is 5.84 Å². The standard InChI is InChI=1S/C18H18N2S2/c1-19-15(13-9-5-3-6-10-13)16(14-11-7-4-8-12-14)20(2)17(19)18(21)22/h3-12,15-16H,1-2H3/p+1/t15-,16-/m0/s1. The van der Waals surface area contributed by atoms with Crippen LogP contribution in [-0.2, 0) is 0 Å². The smallest absolute Gasteiger partial charge is 0.251 e. The van der Waals surface area contributed by atoms with Crippen molar-refractivity contribution >= 4 is 34.9 Å². The molecule has 0 bridgehead atoms. The van der Waals surface area contributed by atoms with Crippen LogP contribution in [0.2, 0.25) is 0 Å². The average molecular weight is 327 g/mol. The summed E-state index contributed by atoms with van der Waals surface area (Å²) in [4.78, 5) is 2.24. The number of rotatable bonds is 3. The van der Waals surface area contributed by atoms with Crippen molar-refractivity contribution in [1.82, 2.24) is 4.90 Å². The third-order valence-corrected chi connectivity index (χ3v) is 4.66. The van der Waals surface area contributed by atoms with Crippen LogP contribution in [0, 0.1) is 0 Å². The molecule has 0 N–H and O–H groups in total. The van der Waals surface area contributed by atoms with E-state index in [4.69, 9.17) is 12.2 Å². The van der Waals surface area contributed by atoms with Gasteiger partial charge in [-0.2, -0.15) is 0 Å². The molecule has 1 aliphatic heterocycles. The normalized spacial score (nSPS) is 21.3. The molecule has 0 saturated heterocycles. The molecule has 0 unspecified atom stereocenters. The number of hydrogen-bond acceptors (Lipinski definition) is 2. The summed E-state index contributed by atoms with van der Waals surface area (Å²) in [5.41, 5.74) is 2.57. The second-order valence-electron chi connectivity index (χ2n) is 5.56. The molecule has 22 heavy (non-hydrogen) atoms. The number of amidine groups is 1. The summed E-state index contributed by atoms with van der Waals surface area (Å²) < 4.78 is 2.87. The van der Waals surface area contributed by atoms with Gasteiger partial charge < -0.3 is 0 Å². The van der Waals surface area contributed by atoms with Crippen molar-refractivity contribution in [2.75, 3.05) is 14.1 Å². The summed E-state index contributed by atoms with van der Waals surface area (Å²) >= 11 is 9.79. The topological polar surface area (TPSA) is 6.25 Å². The fourth-order valence-corrected chi connectivity index (χ4v) is 3.95. The zero-order valence-corrected chi connectivity index (χ0v) is 14.4. The highest BCUT2D eigenvalue weighted by Crippen LogP contribution is 2.40. The van der Waals surface area contributed by atoms with Crippen LogP contribution in [0.1, 0.15) is 23.2 Å². The molecule has 2 atom stereocenters. The lowest BCUT2D eigenvalue weighted by molar-refractivity contribution is -0.537. The minimum absolute atomic E-state index is 0.216. The van der Waals surface area contributed by atoms with Gasteiger partial charge in [0.2, 0.25) is 0 Å². The Balaban J connectivity index is 2.14. The molecule has 4 heteroatoms. The Morgan fingerprint density at radius 2 is 1.50 bits per heavy atom. The molecular weight excluding hydrogens is 308 g/mol. The maximum absolute atomic E-state index is 5.36. The Kier molecular flexibility index (Phi) is 4.32. The maximum atomic E-state index is 5.36. The highest BCUT2D eigenvalue weighted by Gasteiger charge is 2.46. The fourth-order valence-electron chi connectivity index (χ4n) is 3.35. The van der Waals surface area contributed by atoms with Crippen LogP contribution >= 0.6 is 24.8 Å². The zero-order valence-electron chi connectivity index (χ0n) is 12.7. The third-order valence-electron chi connectivity index (χ3n) is 4.28. The lowest BCUT2D eigenvalue weighted by Crippen LogP contribution is -2.31. The molecule has 0 saturated carbocycles. The van der Waals surface area contributed by atoms with Crippen molar-refractivity contribution < 1.29 is 4.58 Å². The number of thiol groups is 1. The van der Waals surface area contributed by atoms with Crippen molar-refractivity contribution in [2.24, 2.45) is 0 Å². The molecule has 1 heterocycles. The molecule has 3 rings (SSSR count). The van der Waals surface area contributed by atoms with Gasteiger partial charge in [-0.1, -0.05) is 72.9 Å². The molecule has 0 aliphatic carbocycles. The quantitative estimate of drug-likeness (QED) is 0.521. The molecule has 0 amide bonds.